The van der Waals surface area contributed by atoms with Crippen LogP contribution < -0.4 is 10.2 Å². The van der Waals surface area contributed by atoms with E-state index in [4.69, 9.17) is 0 Å². The van der Waals surface area contributed by atoms with E-state index in [2.05, 4.69) is 5.32 Å². The lowest BCUT2D eigenvalue weighted by molar-refractivity contribution is -0.135. The molecular weight excluding hydrogens is 247 g/mol. The highest BCUT2D eigenvalue weighted by molar-refractivity contribution is 6.09. The number of benzene rings is 1. The van der Waals surface area contributed by atoms with Crippen LogP contribution in [0.15, 0.2) is 18.2 Å². The molecule has 1 fully saturated rings. The van der Waals surface area contributed by atoms with Gasteiger partial charge in [0, 0.05) is 0 Å². The number of carbonyl (C=O) groups is 2. The molecule has 1 N–H and O–H groups in total. The van der Waals surface area contributed by atoms with Crippen LogP contribution >= 0.6 is 0 Å². The molecule has 1 aliphatic heterocycles. The van der Waals surface area contributed by atoms with Crippen molar-refractivity contribution in [3.8, 4) is 0 Å². The van der Waals surface area contributed by atoms with Crippen LogP contribution in [0.4, 0.5) is 10.1 Å². The first-order chi connectivity index (χ1) is 8.89. The van der Waals surface area contributed by atoms with Crippen molar-refractivity contribution in [2.24, 2.45) is 0 Å². The van der Waals surface area contributed by atoms with Crippen molar-refractivity contribution in [1.82, 2.24) is 5.32 Å². The lowest BCUT2D eigenvalue weighted by atomic mass is 9.93. The smallest absolute Gasteiger partial charge is 0.253 e. The van der Waals surface area contributed by atoms with Crippen molar-refractivity contribution in [3.05, 3.63) is 29.6 Å². The average molecular weight is 264 g/mol. The van der Waals surface area contributed by atoms with Crippen LogP contribution in [-0.2, 0) is 9.59 Å². The van der Waals surface area contributed by atoms with Gasteiger partial charge in [-0.15, -0.1) is 0 Å². The molecule has 0 spiro atoms. The van der Waals surface area contributed by atoms with Crippen molar-refractivity contribution in [2.75, 3.05) is 11.4 Å². The van der Waals surface area contributed by atoms with Gasteiger partial charge in [0.2, 0.25) is 5.91 Å². The van der Waals surface area contributed by atoms with Gasteiger partial charge in [-0.3, -0.25) is 14.5 Å². The molecule has 0 radical (unpaired) electrons. The largest absolute Gasteiger partial charge is 0.340 e. The molecule has 1 saturated heterocycles. The second-order valence-corrected chi connectivity index (χ2v) is 5.03. The molecule has 2 amide bonds. The highest BCUT2D eigenvalue weighted by atomic mass is 19.1. The van der Waals surface area contributed by atoms with Crippen molar-refractivity contribution in [3.63, 3.8) is 0 Å². The molecule has 102 valence electrons. The van der Waals surface area contributed by atoms with Crippen molar-refractivity contribution < 1.29 is 14.0 Å². The van der Waals surface area contributed by atoms with Crippen molar-refractivity contribution >= 4 is 17.5 Å². The number of para-hydroxylation sites is 1. The third kappa shape index (κ3) is 2.20. The first-order valence-electron chi connectivity index (χ1n) is 6.27. The Morgan fingerprint density at radius 2 is 2.11 bits per heavy atom. The van der Waals surface area contributed by atoms with Gasteiger partial charge < -0.3 is 5.32 Å². The van der Waals surface area contributed by atoms with Gasteiger partial charge in [-0.1, -0.05) is 19.1 Å². The van der Waals surface area contributed by atoms with Crippen LogP contribution in [0, 0.1) is 12.7 Å². The minimum atomic E-state index is -0.968. The number of piperazine rings is 1. The number of hydrogen-bond acceptors (Lipinski definition) is 2. The summed E-state index contributed by atoms with van der Waals surface area (Å²) >= 11 is 0. The van der Waals surface area contributed by atoms with E-state index in [0.29, 0.717) is 12.0 Å². The number of anilines is 1. The Kier molecular flexibility index (Phi) is 3.30. The number of nitrogens with one attached hydrogen (secondary N) is 1. The maximum absolute atomic E-state index is 14.0. The van der Waals surface area contributed by atoms with Crippen molar-refractivity contribution in [1.29, 1.82) is 0 Å². The summed E-state index contributed by atoms with van der Waals surface area (Å²) in [7, 11) is 0. The quantitative estimate of drug-likeness (QED) is 0.885. The summed E-state index contributed by atoms with van der Waals surface area (Å²) in [5.41, 5.74) is -0.132. The first-order valence-corrected chi connectivity index (χ1v) is 6.27. The predicted molar refractivity (Wildman–Crippen MR) is 70.3 cm³/mol. The lowest BCUT2D eigenvalue weighted by Gasteiger charge is -2.39. The fraction of sp³-hybridized carbons (Fsp3) is 0.429. The van der Waals surface area contributed by atoms with Gasteiger partial charge >= 0.3 is 0 Å². The monoisotopic (exact) mass is 264 g/mol. The van der Waals surface area contributed by atoms with E-state index in [1.165, 1.54) is 11.0 Å². The number of halogens is 1. The Balaban J connectivity index is 2.49. The van der Waals surface area contributed by atoms with Gasteiger partial charge in [-0.05, 0) is 31.9 Å². The van der Waals surface area contributed by atoms with E-state index in [-0.39, 0.29) is 24.0 Å². The number of nitrogens with zero attached hydrogens (tertiary/aromatic N) is 1. The molecular formula is C14H17FN2O2. The molecule has 4 nitrogen and oxygen atoms in total. The summed E-state index contributed by atoms with van der Waals surface area (Å²) in [6, 6.07) is 4.61. The van der Waals surface area contributed by atoms with Gasteiger partial charge in [-0.25, -0.2) is 4.39 Å². The van der Waals surface area contributed by atoms with Crippen LogP contribution in [0.25, 0.3) is 0 Å². The molecule has 0 aliphatic carbocycles. The molecule has 19 heavy (non-hydrogen) atoms. The second kappa shape index (κ2) is 4.64. The minimum absolute atomic E-state index is 0.143. The predicted octanol–water partition coefficient (Wildman–Crippen LogP) is 1.77. The van der Waals surface area contributed by atoms with Crippen LogP contribution in [-0.4, -0.2) is 23.9 Å². The molecule has 1 aromatic rings. The zero-order valence-corrected chi connectivity index (χ0v) is 11.3. The highest BCUT2D eigenvalue weighted by Gasteiger charge is 2.43. The minimum Gasteiger partial charge on any atom is -0.340 e. The van der Waals surface area contributed by atoms with E-state index < -0.39 is 11.4 Å². The molecule has 1 aromatic carbocycles. The summed E-state index contributed by atoms with van der Waals surface area (Å²) < 4.78 is 14.0. The van der Waals surface area contributed by atoms with Gasteiger partial charge in [0.15, 0.2) is 0 Å². The third-order valence-corrected chi connectivity index (χ3v) is 3.60. The molecule has 0 bridgehead atoms. The Bertz CT molecular complexity index is 524. The summed E-state index contributed by atoms with van der Waals surface area (Å²) in [4.78, 5) is 25.5. The number of aryl methyl sites for hydroxylation is 1. The lowest BCUT2D eigenvalue weighted by Crippen LogP contribution is -2.65. The van der Waals surface area contributed by atoms with Crippen LogP contribution in [0.2, 0.25) is 0 Å². The molecule has 1 aliphatic rings. The second-order valence-electron chi connectivity index (χ2n) is 5.03. The third-order valence-electron chi connectivity index (χ3n) is 3.60. The molecule has 1 heterocycles. The number of rotatable bonds is 2. The van der Waals surface area contributed by atoms with E-state index in [9.17, 15) is 14.0 Å². The van der Waals surface area contributed by atoms with E-state index in [1.807, 2.05) is 6.92 Å². The van der Waals surface area contributed by atoms with Crippen LogP contribution in [0.5, 0.6) is 0 Å². The number of carbonyl (C=O) groups excluding carboxylic acids is 2. The Morgan fingerprint density at radius 3 is 2.68 bits per heavy atom. The molecule has 0 saturated carbocycles. The summed E-state index contributed by atoms with van der Waals surface area (Å²) in [6.07, 6.45) is 0.460. The first kappa shape index (κ1) is 13.5. The van der Waals surface area contributed by atoms with Gasteiger partial charge in [-0.2, -0.15) is 0 Å². The standard InChI is InChI=1S/C14H17FN2O2/c1-4-14(3)13(19)17(8-11(18)16-14)12-9(2)6-5-7-10(12)15/h5-7H,4,8H2,1-3H3,(H,16,18). The zero-order chi connectivity index (χ0) is 14.2. The summed E-state index contributed by atoms with van der Waals surface area (Å²) in [6.45, 7) is 5.06. The van der Waals surface area contributed by atoms with Crippen molar-refractivity contribution in [2.45, 2.75) is 32.7 Å². The maximum atomic E-state index is 14.0. The van der Waals surface area contributed by atoms with Crippen LogP contribution in [0.3, 0.4) is 0 Å². The van der Waals surface area contributed by atoms with Gasteiger partial charge in [0.05, 0.1) is 5.69 Å². The SMILES string of the molecule is CCC1(C)NC(=O)CN(c2c(C)cccc2F)C1=O. The average Bonchev–Trinajstić information content (AvgIpc) is 2.35. The molecule has 2 rings (SSSR count). The Morgan fingerprint density at radius 1 is 1.42 bits per heavy atom. The Labute approximate surface area is 111 Å². The number of hydrogen-bond donors (Lipinski definition) is 1. The maximum Gasteiger partial charge on any atom is 0.253 e. The number of amides is 2. The van der Waals surface area contributed by atoms with E-state index >= 15 is 0 Å². The summed E-state index contributed by atoms with van der Waals surface area (Å²) in [5, 5.41) is 2.68. The zero-order valence-electron chi connectivity index (χ0n) is 11.3. The van der Waals surface area contributed by atoms with Crippen LogP contribution in [0.1, 0.15) is 25.8 Å². The normalized spacial score (nSPS) is 23.5. The van der Waals surface area contributed by atoms with Gasteiger partial charge in [0.1, 0.15) is 17.9 Å². The molecule has 1 atom stereocenters. The fourth-order valence-electron chi connectivity index (χ4n) is 2.30. The van der Waals surface area contributed by atoms with E-state index in [1.54, 1.807) is 26.0 Å². The molecule has 1 unspecified atom stereocenters. The Hall–Kier alpha value is -1.91. The highest BCUT2D eigenvalue weighted by Crippen LogP contribution is 2.28. The molecule has 5 heteroatoms. The molecule has 0 aromatic heterocycles. The fourth-order valence-corrected chi connectivity index (χ4v) is 2.30. The summed E-state index contributed by atoms with van der Waals surface area (Å²) in [5.74, 6) is -1.03. The van der Waals surface area contributed by atoms with E-state index in [0.717, 1.165) is 0 Å². The topological polar surface area (TPSA) is 49.4 Å². The van der Waals surface area contributed by atoms with Gasteiger partial charge in [0.25, 0.3) is 5.91 Å².